The number of hydrogen-bond acceptors (Lipinski definition) is 6. The van der Waals surface area contributed by atoms with Crippen molar-refractivity contribution in [3.05, 3.63) is 71.3 Å². The van der Waals surface area contributed by atoms with E-state index >= 15 is 0 Å². The zero-order valence-corrected chi connectivity index (χ0v) is 23.1. The van der Waals surface area contributed by atoms with E-state index in [2.05, 4.69) is 20.9 Å². The fraction of sp³-hybridized carbons (Fsp3) is 0.448. The van der Waals surface area contributed by atoms with Crippen molar-refractivity contribution >= 4 is 23.7 Å². The third-order valence-electron chi connectivity index (χ3n) is 6.29. The van der Waals surface area contributed by atoms with Gasteiger partial charge in [0, 0.05) is 6.54 Å². The molecular formula is C29H44N8O3. The smallest absolute Gasteiger partial charge is 0.243 e. The van der Waals surface area contributed by atoms with Gasteiger partial charge in [0.25, 0.3) is 0 Å². The van der Waals surface area contributed by atoms with Gasteiger partial charge in [-0.2, -0.15) is 0 Å². The topological polar surface area (TPSA) is 204 Å². The van der Waals surface area contributed by atoms with Crippen LogP contribution in [0.3, 0.4) is 0 Å². The van der Waals surface area contributed by atoms with E-state index in [0.717, 1.165) is 29.5 Å². The molecule has 0 fully saturated rings. The average Bonchev–Trinajstić information content (AvgIpc) is 2.94. The number of nitrogens with two attached hydrogens (primary N) is 4. The van der Waals surface area contributed by atoms with Crippen LogP contribution in [-0.4, -0.2) is 48.9 Å². The van der Waals surface area contributed by atoms with Gasteiger partial charge in [-0.1, -0.05) is 54.6 Å². The molecule has 0 aliphatic rings. The summed E-state index contributed by atoms with van der Waals surface area (Å²) in [7, 11) is 0. The maximum atomic E-state index is 13.3. The summed E-state index contributed by atoms with van der Waals surface area (Å²) in [5, 5.41) is 8.63. The van der Waals surface area contributed by atoms with E-state index in [-0.39, 0.29) is 30.7 Å². The van der Waals surface area contributed by atoms with Gasteiger partial charge < -0.3 is 38.9 Å². The Morgan fingerprint density at radius 1 is 0.725 bits per heavy atom. The molecule has 0 aromatic heterocycles. The van der Waals surface area contributed by atoms with Crippen molar-refractivity contribution in [1.29, 1.82) is 0 Å². The third-order valence-corrected chi connectivity index (χ3v) is 6.29. The lowest BCUT2D eigenvalue weighted by atomic mass is 10.0. The standard InChI is InChI=1S/C29H44N8O3/c30-15-6-4-13-24(27(39)34-19-22-11-8-12-23(17-22)20-35-29(32)33)37-28(40)25(14-5-7-16-31)36-26(38)18-21-9-2-1-3-10-21/h1-3,8-12,17,24-25H,4-7,13-16,18-20,30-31H2,(H,34,39)(H,36,38)(H,37,40)(H4,32,33,35)/t24-,25-/m0/s1. The SMILES string of the molecule is NCCCC[C@H](NC(=O)Cc1ccccc1)C(=O)N[C@@H](CCCCN)C(=O)NCc1cccc(CN=C(N)N)c1. The first kappa shape index (κ1) is 32.3. The summed E-state index contributed by atoms with van der Waals surface area (Å²) < 4.78 is 0. The second-order valence-electron chi connectivity index (χ2n) is 9.69. The molecule has 0 saturated heterocycles. The molecule has 0 saturated carbocycles. The molecule has 2 atom stereocenters. The van der Waals surface area contributed by atoms with Crippen LogP contribution in [0.15, 0.2) is 59.6 Å². The summed E-state index contributed by atoms with van der Waals surface area (Å²) >= 11 is 0. The Labute approximate surface area is 236 Å². The Hall–Kier alpha value is -3.96. The number of rotatable bonds is 18. The zero-order chi connectivity index (χ0) is 29.2. The van der Waals surface area contributed by atoms with Gasteiger partial charge in [0.1, 0.15) is 12.1 Å². The van der Waals surface area contributed by atoms with E-state index in [1.807, 2.05) is 54.6 Å². The van der Waals surface area contributed by atoms with Crippen LogP contribution in [-0.2, 0) is 33.9 Å². The number of unbranched alkanes of at least 4 members (excludes halogenated alkanes) is 2. The lowest BCUT2D eigenvalue weighted by molar-refractivity contribution is -0.132. The predicted molar refractivity (Wildman–Crippen MR) is 158 cm³/mol. The van der Waals surface area contributed by atoms with Gasteiger partial charge in [-0.15, -0.1) is 0 Å². The fourth-order valence-electron chi connectivity index (χ4n) is 4.16. The molecule has 0 unspecified atom stereocenters. The number of amides is 3. The van der Waals surface area contributed by atoms with Gasteiger partial charge in [0.15, 0.2) is 5.96 Å². The Morgan fingerprint density at radius 2 is 1.32 bits per heavy atom. The van der Waals surface area contributed by atoms with Crippen molar-refractivity contribution in [1.82, 2.24) is 16.0 Å². The van der Waals surface area contributed by atoms with Gasteiger partial charge in [0.05, 0.1) is 13.0 Å². The molecule has 2 aromatic rings. The van der Waals surface area contributed by atoms with Gasteiger partial charge in [-0.25, -0.2) is 4.99 Å². The number of benzene rings is 2. The lowest BCUT2D eigenvalue weighted by Gasteiger charge is -2.23. The summed E-state index contributed by atoms with van der Waals surface area (Å²) in [6.07, 6.45) is 3.78. The second kappa shape index (κ2) is 18.3. The number of nitrogens with one attached hydrogen (secondary N) is 3. The lowest BCUT2D eigenvalue weighted by Crippen LogP contribution is -2.53. The summed E-state index contributed by atoms with van der Waals surface area (Å²) in [4.78, 5) is 43.2. The van der Waals surface area contributed by atoms with E-state index < -0.39 is 18.0 Å². The van der Waals surface area contributed by atoms with Crippen LogP contribution < -0.4 is 38.9 Å². The van der Waals surface area contributed by atoms with Crippen LogP contribution in [0.25, 0.3) is 0 Å². The molecule has 0 spiro atoms. The quantitative estimate of drug-likeness (QED) is 0.0793. The largest absolute Gasteiger partial charge is 0.370 e. The summed E-state index contributed by atoms with van der Waals surface area (Å²) in [5.41, 5.74) is 24.7. The first-order chi connectivity index (χ1) is 19.3. The first-order valence-electron chi connectivity index (χ1n) is 13.8. The molecule has 0 heterocycles. The van der Waals surface area contributed by atoms with Crippen molar-refractivity contribution in [3.63, 3.8) is 0 Å². The van der Waals surface area contributed by atoms with E-state index in [4.69, 9.17) is 22.9 Å². The minimum Gasteiger partial charge on any atom is -0.370 e. The molecule has 3 amide bonds. The number of hydrogen-bond donors (Lipinski definition) is 7. The number of guanidine groups is 1. The second-order valence-corrected chi connectivity index (χ2v) is 9.69. The Balaban J connectivity index is 2.06. The van der Waals surface area contributed by atoms with E-state index in [1.54, 1.807) is 0 Å². The predicted octanol–water partition coefficient (Wildman–Crippen LogP) is 0.547. The van der Waals surface area contributed by atoms with Gasteiger partial charge >= 0.3 is 0 Å². The summed E-state index contributed by atoms with van der Waals surface area (Å²) in [6.45, 7) is 1.58. The number of aliphatic imine (C=N–C) groups is 1. The summed E-state index contributed by atoms with van der Waals surface area (Å²) in [5.74, 6) is -0.960. The molecule has 2 rings (SSSR count). The highest BCUT2D eigenvalue weighted by atomic mass is 16.2. The van der Waals surface area contributed by atoms with E-state index in [1.165, 1.54) is 0 Å². The van der Waals surface area contributed by atoms with Crippen LogP contribution in [0, 0.1) is 0 Å². The fourth-order valence-corrected chi connectivity index (χ4v) is 4.16. The zero-order valence-electron chi connectivity index (χ0n) is 23.1. The molecule has 40 heavy (non-hydrogen) atoms. The highest BCUT2D eigenvalue weighted by Gasteiger charge is 2.26. The van der Waals surface area contributed by atoms with Crippen LogP contribution in [0.4, 0.5) is 0 Å². The van der Waals surface area contributed by atoms with Crippen molar-refractivity contribution in [2.24, 2.45) is 27.9 Å². The number of nitrogens with zero attached hydrogens (tertiary/aromatic N) is 1. The molecule has 11 N–H and O–H groups in total. The minimum absolute atomic E-state index is 0.00681. The first-order valence-corrected chi connectivity index (χ1v) is 13.8. The van der Waals surface area contributed by atoms with Crippen molar-refractivity contribution in [2.75, 3.05) is 13.1 Å². The van der Waals surface area contributed by atoms with Crippen LogP contribution in [0.5, 0.6) is 0 Å². The molecular weight excluding hydrogens is 508 g/mol. The Morgan fingerprint density at radius 3 is 1.95 bits per heavy atom. The molecule has 11 nitrogen and oxygen atoms in total. The van der Waals surface area contributed by atoms with E-state index in [9.17, 15) is 14.4 Å². The van der Waals surface area contributed by atoms with Crippen molar-refractivity contribution < 1.29 is 14.4 Å². The van der Waals surface area contributed by atoms with Gasteiger partial charge in [-0.05, 0) is 68.3 Å². The Bertz CT molecular complexity index is 1090. The van der Waals surface area contributed by atoms with Crippen molar-refractivity contribution in [3.8, 4) is 0 Å². The highest BCUT2D eigenvalue weighted by Crippen LogP contribution is 2.09. The third kappa shape index (κ3) is 12.7. The highest BCUT2D eigenvalue weighted by molar-refractivity contribution is 5.92. The van der Waals surface area contributed by atoms with Gasteiger partial charge in [-0.3, -0.25) is 14.4 Å². The molecule has 2 aromatic carbocycles. The monoisotopic (exact) mass is 552 g/mol. The van der Waals surface area contributed by atoms with Crippen LogP contribution in [0.1, 0.15) is 55.2 Å². The molecule has 0 bridgehead atoms. The molecule has 0 aliphatic heterocycles. The summed E-state index contributed by atoms with van der Waals surface area (Å²) in [6, 6.07) is 15.3. The molecule has 11 heteroatoms. The van der Waals surface area contributed by atoms with Gasteiger partial charge in [0.2, 0.25) is 17.7 Å². The van der Waals surface area contributed by atoms with Crippen LogP contribution in [0.2, 0.25) is 0 Å². The minimum atomic E-state index is -0.778. The van der Waals surface area contributed by atoms with Crippen LogP contribution >= 0.6 is 0 Å². The normalized spacial score (nSPS) is 12.2. The molecule has 0 aliphatic carbocycles. The van der Waals surface area contributed by atoms with E-state index in [0.29, 0.717) is 45.3 Å². The molecule has 0 radical (unpaired) electrons. The Kier molecular flexibility index (Phi) is 14.8. The molecule has 218 valence electrons. The average molecular weight is 553 g/mol. The number of carbonyl (C=O) groups is 3. The number of carbonyl (C=O) groups excluding carboxylic acids is 3. The van der Waals surface area contributed by atoms with Crippen molar-refractivity contribution in [2.45, 2.75) is 70.1 Å². The maximum absolute atomic E-state index is 13.3. The maximum Gasteiger partial charge on any atom is 0.243 e.